The Labute approximate surface area is 162 Å². The van der Waals surface area contributed by atoms with Gasteiger partial charge in [0.05, 0.1) is 12.7 Å². The number of methoxy groups -OCH3 is 1. The molecule has 0 aliphatic rings. The van der Waals surface area contributed by atoms with Crippen LogP contribution in [0.3, 0.4) is 0 Å². The molecule has 0 aliphatic carbocycles. The molecule has 7 heteroatoms. The summed E-state index contributed by atoms with van der Waals surface area (Å²) in [5, 5.41) is 13.9. The van der Waals surface area contributed by atoms with Crippen LogP contribution in [0, 0.1) is 13.8 Å². The summed E-state index contributed by atoms with van der Waals surface area (Å²) in [5.41, 5.74) is 4.25. The molecule has 0 bridgehead atoms. The molecule has 1 aromatic heterocycles. The quantitative estimate of drug-likeness (QED) is 0.657. The lowest BCUT2D eigenvalue weighted by atomic mass is 10.1. The first-order valence-corrected chi connectivity index (χ1v) is 8.64. The number of hydrogen-bond donors (Lipinski definition) is 2. The summed E-state index contributed by atoms with van der Waals surface area (Å²) >= 11 is 0. The monoisotopic (exact) mass is 376 g/mol. The lowest BCUT2D eigenvalue weighted by Gasteiger charge is -2.09. The van der Waals surface area contributed by atoms with Crippen molar-refractivity contribution < 1.29 is 14.3 Å². The first-order chi connectivity index (χ1) is 13.5. The van der Waals surface area contributed by atoms with Crippen LogP contribution in [0.1, 0.15) is 32.0 Å². The molecule has 0 unspecified atom stereocenters. The van der Waals surface area contributed by atoms with E-state index < -0.39 is 5.97 Å². The van der Waals surface area contributed by atoms with Crippen molar-refractivity contribution >= 4 is 29.1 Å². The normalized spacial score (nSPS) is 10.2. The van der Waals surface area contributed by atoms with Gasteiger partial charge in [0.2, 0.25) is 0 Å². The number of aryl methyl sites for hydroxylation is 2. The molecule has 28 heavy (non-hydrogen) atoms. The fraction of sp³-hybridized carbons (Fsp3) is 0.143. The number of benzene rings is 2. The highest BCUT2D eigenvalue weighted by molar-refractivity contribution is 6.03. The number of ether oxygens (including phenoxy) is 1. The maximum absolute atomic E-state index is 12.4. The molecule has 0 fully saturated rings. The number of amides is 1. The lowest BCUT2D eigenvalue weighted by molar-refractivity contribution is 0.0600. The van der Waals surface area contributed by atoms with Gasteiger partial charge in [0.25, 0.3) is 5.91 Å². The van der Waals surface area contributed by atoms with E-state index in [1.807, 2.05) is 32.0 Å². The van der Waals surface area contributed by atoms with E-state index in [4.69, 9.17) is 0 Å². The van der Waals surface area contributed by atoms with Gasteiger partial charge in [0.15, 0.2) is 11.5 Å². The van der Waals surface area contributed by atoms with Crippen molar-refractivity contribution in [1.82, 2.24) is 10.2 Å². The summed E-state index contributed by atoms with van der Waals surface area (Å²) in [6.07, 6.45) is 0. The van der Waals surface area contributed by atoms with Gasteiger partial charge >= 0.3 is 5.97 Å². The largest absolute Gasteiger partial charge is 0.465 e. The van der Waals surface area contributed by atoms with Crippen molar-refractivity contribution in [3.63, 3.8) is 0 Å². The molecular formula is C21H20N4O3. The fourth-order valence-electron chi connectivity index (χ4n) is 2.62. The van der Waals surface area contributed by atoms with Gasteiger partial charge in [-0.15, -0.1) is 10.2 Å². The number of carbonyl (C=O) groups excluding carboxylic acids is 2. The van der Waals surface area contributed by atoms with Gasteiger partial charge in [-0.05, 0) is 61.9 Å². The predicted molar refractivity (Wildman–Crippen MR) is 107 cm³/mol. The van der Waals surface area contributed by atoms with Gasteiger partial charge in [-0.1, -0.05) is 17.7 Å². The van der Waals surface area contributed by atoms with E-state index in [1.54, 1.807) is 36.4 Å². The van der Waals surface area contributed by atoms with E-state index in [2.05, 4.69) is 25.6 Å². The second kappa shape index (κ2) is 8.30. The van der Waals surface area contributed by atoms with Gasteiger partial charge in [-0.25, -0.2) is 4.79 Å². The number of nitrogens with one attached hydrogen (secondary N) is 2. The highest BCUT2D eigenvalue weighted by Crippen LogP contribution is 2.18. The van der Waals surface area contributed by atoms with Crippen LogP contribution >= 0.6 is 0 Å². The van der Waals surface area contributed by atoms with E-state index in [-0.39, 0.29) is 11.6 Å². The summed E-state index contributed by atoms with van der Waals surface area (Å²) in [5.74, 6) is -0.243. The number of hydrogen-bond acceptors (Lipinski definition) is 6. The second-order valence-electron chi connectivity index (χ2n) is 6.27. The number of anilines is 3. The van der Waals surface area contributed by atoms with Crippen molar-refractivity contribution in [1.29, 1.82) is 0 Å². The lowest BCUT2D eigenvalue weighted by Crippen LogP contribution is -2.15. The Kier molecular flexibility index (Phi) is 5.64. The Morgan fingerprint density at radius 1 is 0.929 bits per heavy atom. The van der Waals surface area contributed by atoms with Crippen molar-refractivity contribution in [2.75, 3.05) is 17.7 Å². The maximum Gasteiger partial charge on any atom is 0.337 e. The number of nitrogens with zero attached hydrogens (tertiary/aromatic N) is 2. The van der Waals surface area contributed by atoms with Crippen LogP contribution in [0.15, 0.2) is 54.6 Å². The number of carbonyl (C=O) groups is 2. The average molecular weight is 376 g/mol. The average Bonchev–Trinajstić information content (AvgIpc) is 2.70. The minimum atomic E-state index is -0.398. The molecule has 0 radical (unpaired) electrons. The summed E-state index contributed by atoms with van der Waals surface area (Å²) in [4.78, 5) is 23.8. The number of aromatic nitrogens is 2. The highest BCUT2D eigenvalue weighted by Gasteiger charge is 2.11. The second-order valence-corrected chi connectivity index (χ2v) is 6.27. The third-order valence-corrected chi connectivity index (χ3v) is 4.11. The molecule has 3 rings (SSSR count). The molecule has 142 valence electrons. The smallest absolute Gasteiger partial charge is 0.337 e. The summed E-state index contributed by atoms with van der Waals surface area (Å²) < 4.78 is 4.67. The number of esters is 1. The molecule has 2 N–H and O–H groups in total. The maximum atomic E-state index is 12.4. The fourth-order valence-corrected chi connectivity index (χ4v) is 2.62. The van der Waals surface area contributed by atoms with Crippen LogP contribution in [0.2, 0.25) is 0 Å². The molecule has 0 aliphatic heterocycles. The first-order valence-electron chi connectivity index (χ1n) is 8.64. The molecule has 1 amide bonds. The molecule has 7 nitrogen and oxygen atoms in total. The van der Waals surface area contributed by atoms with Gasteiger partial charge in [-0.2, -0.15) is 0 Å². The van der Waals surface area contributed by atoms with E-state index in [9.17, 15) is 9.59 Å². The van der Waals surface area contributed by atoms with Crippen LogP contribution in [0.25, 0.3) is 0 Å². The third kappa shape index (κ3) is 4.50. The zero-order chi connectivity index (χ0) is 20.1. The van der Waals surface area contributed by atoms with E-state index in [0.29, 0.717) is 11.4 Å². The van der Waals surface area contributed by atoms with E-state index in [1.165, 1.54) is 7.11 Å². The van der Waals surface area contributed by atoms with E-state index >= 15 is 0 Å². The molecule has 0 saturated carbocycles. The summed E-state index contributed by atoms with van der Waals surface area (Å²) in [6, 6.07) is 15.8. The SMILES string of the molecule is COC(=O)c1ccc(Nc2ccc(C(=O)Nc3ccc(C)cc3C)nn2)cc1. The van der Waals surface area contributed by atoms with Crippen LogP contribution in [-0.4, -0.2) is 29.2 Å². The first kappa shape index (κ1) is 19.0. The summed E-state index contributed by atoms with van der Waals surface area (Å²) in [6.45, 7) is 3.94. The highest BCUT2D eigenvalue weighted by atomic mass is 16.5. The Balaban J connectivity index is 1.65. The van der Waals surface area contributed by atoms with Gasteiger partial charge in [-0.3, -0.25) is 4.79 Å². The van der Waals surface area contributed by atoms with Crippen LogP contribution in [-0.2, 0) is 4.74 Å². The molecule has 0 atom stereocenters. The van der Waals surface area contributed by atoms with Gasteiger partial charge in [0.1, 0.15) is 0 Å². The molecular weight excluding hydrogens is 356 g/mol. The summed E-state index contributed by atoms with van der Waals surface area (Å²) in [7, 11) is 1.34. The zero-order valence-corrected chi connectivity index (χ0v) is 15.8. The van der Waals surface area contributed by atoms with Crippen molar-refractivity contribution in [2.45, 2.75) is 13.8 Å². The molecule has 3 aromatic rings. The van der Waals surface area contributed by atoms with Crippen LogP contribution in [0.4, 0.5) is 17.2 Å². The van der Waals surface area contributed by atoms with Crippen LogP contribution < -0.4 is 10.6 Å². The molecule has 2 aromatic carbocycles. The minimum absolute atomic E-state index is 0.214. The zero-order valence-electron chi connectivity index (χ0n) is 15.8. The minimum Gasteiger partial charge on any atom is -0.465 e. The standard InChI is InChI=1S/C21H20N4O3/c1-13-4-9-17(14(2)12-13)23-20(26)18-10-11-19(25-24-18)22-16-7-5-15(6-8-16)21(27)28-3/h4-12H,1-3H3,(H,22,25)(H,23,26). The Hall–Kier alpha value is -3.74. The van der Waals surface area contributed by atoms with Crippen LogP contribution in [0.5, 0.6) is 0 Å². The molecule has 1 heterocycles. The van der Waals surface area contributed by atoms with Crippen molar-refractivity contribution in [3.8, 4) is 0 Å². The predicted octanol–water partition coefficient (Wildman–Crippen LogP) is 3.88. The number of rotatable bonds is 5. The van der Waals surface area contributed by atoms with Gasteiger partial charge < -0.3 is 15.4 Å². The Bertz CT molecular complexity index is 999. The third-order valence-electron chi connectivity index (χ3n) is 4.11. The van der Waals surface area contributed by atoms with E-state index in [0.717, 1.165) is 22.5 Å². The van der Waals surface area contributed by atoms with Crippen molar-refractivity contribution in [3.05, 3.63) is 77.0 Å². The van der Waals surface area contributed by atoms with Gasteiger partial charge in [0, 0.05) is 11.4 Å². The molecule has 0 spiro atoms. The van der Waals surface area contributed by atoms with Crippen molar-refractivity contribution in [2.24, 2.45) is 0 Å². The Morgan fingerprint density at radius 2 is 1.68 bits per heavy atom. The topological polar surface area (TPSA) is 93.2 Å². The molecule has 0 saturated heterocycles. The Morgan fingerprint density at radius 3 is 2.29 bits per heavy atom.